The molecule has 0 aliphatic heterocycles. The molecule has 2 N–H and O–H groups in total. The fourth-order valence-corrected chi connectivity index (χ4v) is 3.17. The van der Waals surface area contributed by atoms with Gasteiger partial charge in [-0.05, 0) is 34.3 Å². The first kappa shape index (κ1) is 15.2. The van der Waals surface area contributed by atoms with Crippen molar-refractivity contribution in [3.8, 4) is 11.3 Å². The molecule has 1 saturated carbocycles. The van der Waals surface area contributed by atoms with Crippen LogP contribution in [0.3, 0.4) is 0 Å². The summed E-state index contributed by atoms with van der Waals surface area (Å²) in [6.07, 6.45) is 0.735. The third-order valence-corrected chi connectivity index (χ3v) is 4.65. The van der Waals surface area contributed by atoms with Crippen molar-refractivity contribution in [3.63, 3.8) is 0 Å². The van der Waals surface area contributed by atoms with E-state index in [2.05, 4.69) is 36.0 Å². The number of halogens is 3. The number of imidazole rings is 1. The van der Waals surface area contributed by atoms with Gasteiger partial charge in [-0.3, -0.25) is 9.78 Å². The molecule has 1 aliphatic rings. The van der Waals surface area contributed by atoms with Crippen LogP contribution in [0.1, 0.15) is 17.9 Å². The molecule has 3 aromatic heterocycles. The minimum absolute atomic E-state index is 0.146. The molecule has 0 saturated heterocycles. The molecule has 1 aliphatic carbocycles. The molecule has 0 aromatic carbocycles. The van der Waals surface area contributed by atoms with Crippen LogP contribution in [0.2, 0.25) is 0 Å². The van der Waals surface area contributed by atoms with Crippen molar-refractivity contribution in [1.82, 2.24) is 24.6 Å². The van der Waals surface area contributed by atoms with Crippen molar-refractivity contribution in [3.05, 3.63) is 49.5 Å². The number of hydrogen-bond donors (Lipinski definition) is 2. The minimum Gasteiger partial charge on any atom is -0.313 e. The Morgan fingerprint density at radius 2 is 2.17 bits per heavy atom. The van der Waals surface area contributed by atoms with Crippen LogP contribution in [0.4, 0.5) is 8.78 Å². The molecule has 1 fully saturated rings. The number of hydrogen-bond acceptors (Lipinski definition) is 4. The van der Waals surface area contributed by atoms with E-state index in [0.29, 0.717) is 22.2 Å². The van der Waals surface area contributed by atoms with Gasteiger partial charge in [-0.1, -0.05) is 0 Å². The first-order valence-electron chi connectivity index (χ1n) is 7.10. The van der Waals surface area contributed by atoms with E-state index in [-0.39, 0.29) is 17.2 Å². The number of H-pyrrole nitrogens is 2. The zero-order valence-corrected chi connectivity index (χ0v) is 13.5. The van der Waals surface area contributed by atoms with Crippen molar-refractivity contribution in [2.24, 2.45) is 5.92 Å². The van der Waals surface area contributed by atoms with Gasteiger partial charge >= 0.3 is 5.69 Å². The third-order valence-electron chi connectivity index (χ3n) is 4.11. The quantitative estimate of drug-likeness (QED) is 0.705. The molecule has 7 nitrogen and oxygen atoms in total. The van der Waals surface area contributed by atoms with Crippen LogP contribution in [0.25, 0.3) is 16.9 Å². The highest BCUT2D eigenvalue weighted by Crippen LogP contribution is 2.52. The van der Waals surface area contributed by atoms with Crippen LogP contribution in [-0.4, -0.2) is 31.0 Å². The summed E-state index contributed by atoms with van der Waals surface area (Å²) in [7, 11) is 0. The van der Waals surface area contributed by atoms with Gasteiger partial charge in [0.2, 0.25) is 6.43 Å². The number of aromatic amines is 2. The summed E-state index contributed by atoms with van der Waals surface area (Å²) in [6, 6.07) is 1.59. The van der Waals surface area contributed by atoms with E-state index in [9.17, 15) is 18.4 Å². The second kappa shape index (κ2) is 5.33. The Bertz CT molecular complexity index is 1060. The van der Waals surface area contributed by atoms with Crippen LogP contribution in [0.5, 0.6) is 0 Å². The number of nitrogens with zero attached hydrogens (tertiary/aromatic N) is 3. The molecule has 0 spiro atoms. The first-order valence-corrected chi connectivity index (χ1v) is 7.89. The Labute approximate surface area is 140 Å². The van der Waals surface area contributed by atoms with Crippen molar-refractivity contribution in [1.29, 1.82) is 0 Å². The van der Waals surface area contributed by atoms with Crippen molar-refractivity contribution in [2.45, 2.75) is 18.8 Å². The summed E-state index contributed by atoms with van der Waals surface area (Å²) < 4.78 is 27.9. The van der Waals surface area contributed by atoms with Gasteiger partial charge in [0.1, 0.15) is 4.60 Å². The highest BCUT2D eigenvalue weighted by Gasteiger charge is 2.46. The highest BCUT2D eigenvalue weighted by atomic mass is 79.9. The monoisotopic (exact) mass is 397 g/mol. The normalized spacial score (nSPS) is 20.0. The number of fused-ring (bicyclic) bond motifs is 1. The molecule has 24 heavy (non-hydrogen) atoms. The van der Waals surface area contributed by atoms with E-state index in [1.807, 2.05) is 0 Å². The summed E-state index contributed by atoms with van der Waals surface area (Å²) in [5.41, 5.74) is 0.269. The Morgan fingerprint density at radius 3 is 2.83 bits per heavy atom. The maximum Gasteiger partial charge on any atom is 0.325 e. The fourth-order valence-electron chi connectivity index (χ4n) is 2.82. The molecule has 3 heterocycles. The molecule has 2 atom stereocenters. The van der Waals surface area contributed by atoms with Gasteiger partial charge in [0.15, 0.2) is 5.65 Å². The largest absolute Gasteiger partial charge is 0.325 e. The topological polar surface area (TPSA) is 95.9 Å². The zero-order chi connectivity index (χ0) is 17.0. The van der Waals surface area contributed by atoms with Gasteiger partial charge in [0.05, 0.1) is 17.5 Å². The van der Waals surface area contributed by atoms with Gasteiger partial charge < -0.3 is 4.98 Å². The number of nitrogens with one attached hydrogen (secondary N) is 2. The second-order valence-electron chi connectivity index (χ2n) is 5.63. The van der Waals surface area contributed by atoms with Crippen molar-refractivity contribution >= 4 is 21.6 Å². The molecular weight excluding hydrogens is 388 g/mol. The lowest BCUT2D eigenvalue weighted by molar-refractivity contribution is 0.120. The van der Waals surface area contributed by atoms with E-state index in [1.54, 1.807) is 6.07 Å². The van der Waals surface area contributed by atoms with E-state index in [0.717, 1.165) is 0 Å². The number of aromatic nitrogens is 5. The molecule has 0 amide bonds. The summed E-state index contributed by atoms with van der Waals surface area (Å²) in [5.74, 6) is -1.04. The van der Waals surface area contributed by atoms with Crippen LogP contribution in [0, 0.1) is 5.92 Å². The zero-order valence-electron chi connectivity index (χ0n) is 12.0. The average molecular weight is 398 g/mol. The van der Waals surface area contributed by atoms with Gasteiger partial charge in [0, 0.05) is 17.7 Å². The van der Waals surface area contributed by atoms with E-state index >= 15 is 0 Å². The average Bonchev–Trinajstić information content (AvgIpc) is 3.25. The molecular formula is C14H10BrF2N5O2. The SMILES string of the molecule is O=c1[nH]cc(-c2cc([C@H]3C[C@@H]3C(F)F)c3ncc(Br)n3n2)c(=O)[nH]1. The van der Waals surface area contributed by atoms with E-state index in [4.69, 9.17) is 0 Å². The molecule has 10 heteroatoms. The maximum absolute atomic E-state index is 12.9. The van der Waals surface area contributed by atoms with Gasteiger partial charge in [-0.25, -0.2) is 23.1 Å². The van der Waals surface area contributed by atoms with Crippen LogP contribution in [-0.2, 0) is 0 Å². The lowest BCUT2D eigenvalue weighted by atomic mass is 10.1. The molecule has 0 unspecified atom stereocenters. The highest BCUT2D eigenvalue weighted by molar-refractivity contribution is 9.10. The lowest BCUT2D eigenvalue weighted by Crippen LogP contribution is -2.23. The smallest absolute Gasteiger partial charge is 0.313 e. The predicted octanol–water partition coefficient (Wildman–Crippen LogP) is 1.90. The Kier molecular flexibility index (Phi) is 3.37. The van der Waals surface area contributed by atoms with Crippen LogP contribution >= 0.6 is 15.9 Å². The molecule has 0 radical (unpaired) electrons. The summed E-state index contributed by atoms with van der Waals surface area (Å²) >= 11 is 3.30. The minimum atomic E-state index is -2.40. The number of alkyl halides is 2. The number of rotatable bonds is 3. The van der Waals surface area contributed by atoms with Crippen LogP contribution in [0.15, 0.2) is 32.7 Å². The predicted molar refractivity (Wildman–Crippen MR) is 84.2 cm³/mol. The van der Waals surface area contributed by atoms with Crippen LogP contribution < -0.4 is 11.2 Å². The third kappa shape index (κ3) is 2.37. The van der Waals surface area contributed by atoms with Gasteiger partial charge in [0.25, 0.3) is 5.56 Å². The Hall–Kier alpha value is -2.36. The summed E-state index contributed by atoms with van der Waals surface area (Å²) in [5, 5.41) is 4.31. The molecule has 3 aromatic rings. The summed E-state index contributed by atoms with van der Waals surface area (Å²) in [6.45, 7) is 0. The lowest BCUT2D eigenvalue weighted by Gasteiger charge is -2.07. The van der Waals surface area contributed by atoms with Gasteiger partial charge in [-0.2, -0.15) is 5.10 Å². The van der Waals surface area contributed by atoms with Crippen molar-refractivity contribution in [2.75, 3.05) is 0 Å². The fraction of sp³-hybridized carbons (Fsp3) is 0.286. The summed E-state index contributed by atoms with van der Waals surface area (Å²) in [4.78, 5) is 31.9. The second-order valence-corrected chi connectivity index (χ2v) is 6.44. The Morgan fingerprint density at radius 1 is 1.38 bits per heavy atom. The maximum atomic E-state index is 12.9. The molecule has 0 bridgehead atoms. The molecule has 124 valence electrons. The first-order chi connectivity index (χ1) is 11.5. The Balaban J connectivity index is 1.93. The van der Waals surface area contributed by atoms with E-state index < -0.39 is 23.6 Å². The van der Waals surface area contributed by atoms with Gasteiger partial charge in [-0.15, -0.1) is 0 Å². The van der Waals surface area contributed by atoms with Crippen molar-refractivity contribution < 1.29 is 8.78 Å². The van der Waals surface area contributed by atoms with E-state index in [1.165, 1.54) is 16.9 Å². The standard InChI is InChI=1S/C14H10BrF2N5O2/c15-10-4-18-12-7(5-1-6(5)11(16)17)2-9(21-22(10)12)8-3-19-14(24)20-13(8)23/h2-6,11H,1H2,(H2,19,20,23,24)/t5-,6-/m0/s1. The molecule has 4 rings (SSSR count).